The molecule has 94 valence electrons. The number of thiocarbonyl (C=S) groups is 1. The van der Waals surface area contributed by atoms with Crippen molar-refractivity contribution >= 4 is 23.1 Å². The van der Waals surface area contributed by atoms with Crippen LogP contribution in [0.25, 0.3) is 0 Å². The lowest BCUT2D eigenvalue weighted by molar-refractivity contribution is -0.135. The van der Waals surface area contributed by atoms with Crippen LogP contribution in [-0.2, 0) is 9.53 Å². The van der Waals surface area contributed by atoms with Crippen LogP contribution in [0.3, 0.4) is 0 Å². The summed E-state index contributed by atoms with van der Waals surface area (Å²) in [4.78, 5) is 14.1. The molecule has 2 atom stereocenters. The number of methoxy groups -OCH3 is 1. The molecule has 0 aromatic carbocycles. The van der Waals surface area contributed by atoms with Crippen molar-refractivity contribution in [2.45, 2.75) is 26.8 Å². The van der Waals surface area contributed by atoms with Crippen LogP contribution in [-0.4, -0.2) is 42.6 Å². The molecular formula is C11H22N2O2S. The Balaban J connectivity index is 4.68. The number of nitrogens with two attached hydrogens (primary N) is 1. The predicted octanol–water partition coefficient (Wildman–Crippen LogP) is 1.04. The molecule has 0 saturated carbocycles. The number of amides is 1. The first-order chi connectivity index (χ1) is 7.32. The van der Waals surface area contributed by atoms with E-state index in [0.717, 1.165) is 0 Å². The zero-order chi connectivity index (χ0) is 12.9. The van der Waals surface area contributed by atoms with Gasteiger partial charge in [-0.1, -0.05) is 26.1 Å². The molecule has 0 aliphatic rings. The van der Waals surface area contributed by atoms with Crippen molar-refractivity contribution in [1.29, 1.82) is 0 Å². The van der Waals surface area contributed by atoms with E-state index in [1.54, 1.807) is 19.1 Å². The summed E-state index contributed by atoms with van der Waals surface area (Å²) in [5, 5.41) is 0. The molecule has 0 bridgehead atoms. The maximum Gasteiger partial charge on any atom is 0.232 e. The summed E-state index contributed by atoms with van der Waals surface area (Å²) in [6.07, 6.45) is 0. The number of hydrogen-bond acceptors (Lipinski definition) is 3. The summed E-state index contributed by atoms with van der Waals surface area (Å²) in [5.74, 6) is -0.312. The summed E-state index contributed by atoms with van der Waals surface area (Å²) in [6.45, 7) is 6.32. The Kier molecular flexibility index (Phi) is 6.52. The van der Waals surface area contributed by atoms with Crippen LogP contribution >= 0.6 is 12.2 Å². The van der Waals surface area contributed by atoms with Gasteiger partial charge in [0.15, 0.2) is 0 Å². The van der Waals surface area contributed by atoms with Crippen molar-refractivity contribution < 1.29 is 9.53 Å². The van der Waals surface area contributed by atoms with Crippen LogP contribution in [0, 0.1) is 11.8 Å². The lowest BCUT2D eigenvalue weighted by Crippen LogP contribution is -2.46. The third kappa shape index (κ3) is 4.06. The minimum Gasteiger partial charge on any atom is -0.393 e. The van der Waals surface area contributed by atoms with Gasteiger partial charge in [-0.25, -0.2) is 0 Å². The van der Waals surface area contributed by atoms with Gasteiger partial charge < -0.3 is 15.4 Å². The highest BCUT2D eigenvalue weighted by atomic mass is 32.1. The molecule has 2 unspecified atom stereocenters. The number of carbonyl (C=O) groups is 1. The molecule has 0 saturated heterocycles. The first-order valence-corrected chi connectivity index (χ1v) is 5.78. The van der Waals surface area contributed by atoms with E-state index in [9.17, 15) is 4.79 Å². The predicted molar refractivity (Wildman–Crippen MR) is 69.2 cm³/mol. The molecule has 1 amide bonds. The third-order valence-corrected chi connectivity index (χ3v) is 2.91. The van der Waals surface area contributed by atoms with Gasteiger partial charge in [-0.3, -0.25) is 4.79 Å². The molecule has 0 aromatic heterocycles. The van der Waals surface area contributed by atoms with Crippen molar-refractivity contribution in [2.24, 2.45) is 17.6 Å². The molecule has 5 heteroatoms. The number of carbonyl (C=O) groups excluding carboxylic acids is 1. The second-order valence-corrected chi connectivity index (χ2v) is 4.85. The van der Waals surface area contributed by atoms with Crippen LogP contribution in [0.4, 0.5) is 0 Å². The van der Waals surface area contributed by atoms with E-state index >= 15 is 0 Å². The molecule has 4 nitrogen and oxygen atoms in total. The van der Waals surface area contributed by atoms with Crippen LogP contribution in [0.1, 0.15) is 20.8 Å². The zero-order valence-corrected chi connectivity index (χ0v) is 11.5. The second-order valence-electron chi connectivity index (χ2n) is 4.38. The van der Waals surface area contributed by atoms with E-state index in [1.807, 2.05) is 20.8 Å². The maximum atomic E-state index is 12.1. The highest BCUT2D eigenvalue weighted by Gasteiger charge is 2.29. The summed E-state index contributed by atoms with van der Waals surface area (Å²) >= 11 is 4.94. The Hall–Kier alpha value is -0.680. The fourth-order valence-electron chi connectivity index (χ4n) is 1.52. The highest BCUT2D eigenvalue weighted by molar-refractivity contribution is 7.80. The first kappa shape index (κ1) is 15.3. The molecule has 0 fully saturated rings. The largest absolute Gasteiger partial charge is 0.393 e. The molecule has 0 aromatic rings. The van der Waals surface area contributed by atoms with Crippen molar-refractivity contribution in [1.82, 2.24) is 4.90 Å². The van der Waals surface area contributed by atoms with Crippen LogP contribution in [0.5, 0.6) is 0 Å². The number of rotatable bonds is 6. The number of hydrogen-bond donors (Lipinski definition) is 1. The van der Waals surface area contributed by atoms with E-state index < -0.39 is 0 Å². The lowest BCUT2D eigenvalue weighted by Gasteiger charge is -2.29. The molecule has 0 rings (SSSR count). The molecular weight excluding hydrogens is 224 g/mol. The van der Waals surface area contributed by atoms with Gasteiger partial charge in [0.25, 0.3) is 0 Å². The van der Waals surface area contributed by atoms with E-state index in [0.29, 0.717) is 6.61 Å². The van der Waals surface area contributed by atoms with Crippen LogP contribution in [0.15, 0.2) is 0 Å². The lowest BCUT2D eigenvalue weighted by atomic mass is 9.94. The molecule has 0 heterocycles. The minimum absolute atomic E-state index is 0.0214. The van der Waals surface area contributed by atoms with E-state index in [-0.39, 0.29) is 28.8 Å². The maximum absolute atomic E-state index is 12.1. The van der Waals surface area contributed by atoms with Gasteiger partial charge in [-0.2, -0.15) is 0 Å². The second kappa shape index (κ2) is 6.81. The molecule has 0 spiro atoms. The Bertz CT molecular complexity index is 256. The van der Waals surface area contributed by atoms with E-state index in [1.165, 1.54) is 0 Å². The van der Waals surface area contributed by atoms with Gasteiger partial charge in [-0.15, -0.1) is 0 Å². The van der Waals surface area contributed by atoms with Crippen molar-refractivity contribution in [3.63, 3.8) is 0 Å². The van der Waals surface area contributed by atoms with E-state index in [2.05, 4.69) is 0 Å². The minimum atomic E-state index is -0.390. The van der Waals surface area contributed by atoms with Crippen molar-refractivity contribution in [2.75, 3.05) is 20.8 Å². The quantitative estimate of drug-likeness (QED) is 0.711. The van der Waals surface area contributed by atoms with Gasteiger partial charge in [0.2, 0.25) is 5.91 Å². The molecule has 0 aliphatic heterocycles. The molecule has 0 radical (unpaired) electrons. The number of nitrogens with zero attached hydrogens (tertiary/aromatic N) is 1. The highest BCUT2D eigenvalue weighted by Crippen LogP contribution is 2.15. The molecule has 2 N–H and O–H groups in total. The average Bonchev–Trinajstić information content (AvgIpc) is 2.15. The summed E-state index contributed by atoms with van der Waals surface area (Å²) < 4.78 is 5.02. The molecule has 0 aliphatic carbocycles. The van der Waals surface area contributed by atoms with Gasteiger partial charge in [-0.05, 0) is 12.8 Å². The van der Waals surface area contributed by atoms with Crippen LogP contribution < -0.4 is 5.73 Å². The first-order valence-electron chi connectivity index (χ1n) is 5.37. The zero-order valence-electron chi connectivity index (χ0n) is 10.7. The normalized spacial score (nSPS) is 14.6. The summed E-state index contributed by atoms with van der Waals surface area (Å²) in [7, 11) is 3.36. The van der Waals surface area contributed by atoms with Gasteiger partial charge in [0.1, 0.15) is 0 Å². The fourth-order valence-corrected chi connectivity index (χ4v) is 1.90. The number of ether oxygens (including phenoxy) is 1. The standard InChI is InChI=1S/C11H22N2O2S/c1-7(2)9(10(12)16)11(14)13(4)8(3)6-15-5/h7-9H,6H2,1-5H3,(H2,12,16). The van der Waals surface area contributed by atoms with Gasteiger partial charge in [0, 0.05) is 14.2 Å². The average molecular weight is 246 g/mol. The molecule has 16 heavy (non-hydrogen) atoms. The van der Waals surface area contributed by atoms with E-state index in [4.69, 9.17) is 22.7 Å². The summed E-state index contributed by atoms with van der Waals surface area (Å²) in [6, 6.07) is 0.0214. The Morgan fingerprint density at radius 1 is 1.44 bits per heavy atom. The van der Waals surface area contributed by atoms with Crippen molar-refractivity contribution in [3.8, 4) is 0 Å². The topological polar surface area (TPSA) is 55.6 Å². The Labute approximate surface area is 103 Å². The fraction of sp³-hybridized carbons (Fsp3) is 0.818. The van der Waals surface area contributed by atoms with Crippen molar-refractivity contribution in [3.05, 3.63) is 0 Å². The third-order valence-electron chi connectivity index (χ3n) is 2.66. The Morgan fingerprint density at radius 3 is 2.25 bits per heavy atom. The summed E-state index contributed by atoms with van der Waals surface area (Å²) in [5.41, 5.74) is 5.60. The van der Waals surface area contributed by atoms with Gasteiger partial charge in [0.05, 0.1) is 23.6 Å². The number of likely N-dealkylation sites (N-methyl/N-ethyl adjacent to an activating group) is 1. The SMILES string of the molecule is COCC(C)N(C)C(=O)C(C(N)=S)C(C)C. The monoisotopic (exact) mass is 246 g/mol. The van der Waals surface area contributed by atoms with Crippen LogP contribution in [0.2, 0.25) is 0 Å². The smallest absolute Gasteiger partial charge is 0.232 e. The van der Waals surface area contributed by atoms with Gasteiger partial charge >= 0.3 is 0 Å². The Morgan fingerprint density at radius 2 is 1.94 bits per heavy atom.